The Balaban J connectivity index is 2.79. The van der Waals surface area contributed by atoms with Crippen LogP contribution in [-0.4, -0.2) is 17.1 Å². The summed E-state index contributed by atoms with van der Waals surface area (Å²) in [5.74, 6) is -0.506. The minimum Gasteiger partial charge on any atom is -0.505 e. The van der Waals surface area contributed by atoms with Crippen LogP contribution in [0.25, 0.3) is 0 Å². The number of phenols is 1. The molecule has 1 amide bonds. The summed E-state index contributed by atoms with van der Waals surface area (Å²) < 4.78 is 0. The van der Waals surface area contributed by atoms with E-state index in [0.29, 0.717) is 12.1 Å². The van der Waals surface area contributed by atoms with Gasteiger partial charge in [-0.1, -0.05) is 36.5 Å². The summed E-state index contributed by atoms with van der Waals surface area (Å²) in [6, 6.07) is 2.27. The third kappa shape index (κ3) is 3.77. The van der Waals surface area contributed by atoms with Crippen LogP contribution >= 0.6 is 23.2 Å². The van der Waals surface area contributed by atoms with Gasteiger partial charge in [0.1, 0.15) is 0 Å². The number of hydrogen-bond donors (Lipinski definition) is 3. The molecule has 0 heterocycles. The zero-order valence-electron chi connectivity index (χ0n) is 9.34. The maximum atomic E-state index is 11.6. The van der Waals surface area contributed by atoms with E-state index in [1.807, 2.05) is 6.92 Å². The van der Waals surface area contributed by atoms with Crippen LogP contribution in [0, 0.1) is 0 Å². The van der Waals surface area contributed by atoms with E-state index in [0.717, 1.165) is 6.42 Å². The molecule has 0 fully saturated rings. The Morgan fingerprint density at radius 2 is 2.00 bits per heavy atom. The van der Waals surface area contributed by atoms with Gasteiger partial charge in [0.05, 0.1) is 16.1 Å². The standard InChI is InChI=1S/C11H14Cl2N2O2/c1-2-3-9(14)11(17)15-6-4-7(12)10(16)8(13)5-6/h4-5,9,16H,2-3,14H2,1H3,(H,15,17)/t9-/m0/s1. The Labute approximate surface area is 110 Å². The highest BCUT2D eigenvalue weighted by Gasteiger charge is 2.14. The van der Waals surface area contributed by atoms with Gasteiger partial charge in [-0.05, 0) is 18.6 Å². The monoisotopic (exact) mass is 276 g/mol. The van der Waals surface area contributed by atoms with Crippen molar-refractivity contribution in [3.63, 3.8) is 0 Å². The number of carbonyl (C=O) groups is 1. The summed E-state index contributed by atoms with van der Waals surface area (Å²) in [4.78, 5) is 11.6. The van der Waals surface area contributed by atoms with Gasteiger partial charge < -0.3 is 16.2 Å². The molecule has 1 atom stereocenters. The molecule has 0 aromatic heterocycles. The normalized spacial score (nSPS) is 12.2. The van der Waals surface area contributed by atoms with E-state index in [4.69, 9.17) is 28.9 Å². The molecule has 4 nitrogen and oxygen atoms in total. The van der Waals surface area contributed by atoms with Gasteiger partial charge in [0.15, 0.2) is 5.75 Å². The molecule has 1 rings (SSSR count). The molecule has 0 aliphatic carbocycles. The van der Waals surface area contributed by atoms with E-state index < -0.39 is 6.04 Å². The zero-order valence-corrected chi connectivity index (χ0v) is 10.8. The van der Waals surface area contributed by atoms with Crippen molar-refractivity contribution < 1.29 is 9.90 Å². The molecule has 1 aromatic rings. The summed E-state index contributed by atoms with van der Waals surface area (Å²) in [6.07, 6.45) is 1.43. The maximum Gasteiger partial charge on any atom is 0.241 e. The number of anilines is 1. The van der Waals surface area contributed by atoms with Crippen LogP contribution in [-0.2, 0) is 4.79 Å². The van der Waals surface area contributed by atoms with Gasteiger partial charge in [0.25, 0.3) is 0 Å². The maximum absolute atomic E-state index is 11.6. The number of carbonyl (C=O) groups excluding carboxylic acids is 1. The molecule has 0 saturated heterocycles. The first kappa shape index (κ1) is 14.1. The van der Waals surface area contributed by atoms with Crippen LogP contribution in [0.3, 0.4) is 0 Å². The van der Waals surface area contributed by atoms with Gasteiger partial charge >= 0.3 is 0 Å². The van der Waals surface area contributed by atoms with Crippen LogP contribution in [0.2, 0.25) is 10.0 Å². The highest BCUT2D eigenvalue weighted by atomic mass is 35.5. The molecular weight excluding hydrogens is 263 g/mol. The van der Waals surface area contributed by atoms with Crippen molar-refractivity contribution in [1.82, 2.24) is 0 Å². The molecule has 1 aromatic carbocycles. The molecule has 0 radical (unpaired) electrons. The third-order valence-corrected chi connectivity index (χ3v) is 2.80. The Hall–Kier alpha value is -0.970. The van der Waals surface area contributed by atoms with Crippen LogP contribution in [0.5, 0.6) is 5.75 Å². The molecule has 0 aliphatic rings. The Kier molecular flexibility index (Phi) is 5.05. The fourth-order valence-electron chi connectivity index (χ4n) is 1.31. The van der Waals surface area contributed by atoms with Crippen LogP contribution < -0.4 is 11.1 Å². The predicted molar refractivity (Wildman–Crippen MR) is 69.6 cm³/mol. The lowest BCUT2D eigenvalue weighted by molar-refractivity contribution is -0.117. The molecule has 0 unspecified atom stereocenters. The van der Waals surface area contributed by atoms with Crippen molar-refractivity contribution in [2.24, 2.45) is 5.73 Å². The van der Waals surface area contributed by atoms with E-state index in [2.05, 4.69) is 5.32 Å². The van der Waals surface area contributed by atoms with E-state index in [-0.39, 0.29) is 21.7 Å². The third-order valence-electron chi connectivity index (χ3n) is 2.22. The largest absolute Gasteiger partial charge is 0.505 e. The first-order valence-electron chi connectivity index (χ1n) is 5.20. The fraction of sp³-hybridized carbons (Fsp3) is 0.364. The second kappa shape index (κ2) is 6.10. The SMILES string of the molecule is CCC[C@H](N)C(=O)Nc1cc(Cl)c(O)c(Cl)c1. The lowest BCUT2D eigenvalue weighted by Crippen LogP contribution is -2.35. The molecule has 17 heavy (non-hydrogen) atoms. The number of hydrogen-bond acceptors (Lipinski definition) is 3. The van der Waals surface area contributed by atoms with E-state index in [1.54, 1.807) is 0 Å². The van der Waals surface area contributed by atoms with Crippen molar-refractivity contribution >= 4 is 34.8 Å². The number of nitrogens with two attached hydrogens (primary N) is 1. The molecule has 6 heteroatoms. The summed E-state index contributed by atoms with van der Waals surface area (Å²) in [6.45, 7) is 1.95. The highest BCUT2D eigenvalue weighted by Crippen LogP contribution is 2.34. The molecule has 4 N–H and O–H groups in total. The quantitative estimate of drug-likeness (QED) is 0.741. The van der Waals surface area contributed by atoms with Crippen molar-refractivity contribution in [3.05, 3.63) is 22.2 Å². The van der Waals surface area contributed by atoms with Gasteiger partial charge in [-0.2, -0.15) is 0 Å². The summed E-state index contributed by atoms with van der Waals surface area (Å²) >= 11 is 11.5. The van der Waals surface area contributed by atoms with Crippen molar-refractivity contribution in [2.75, 3.05) is 5.32 Å². The lowest BCUT2D eigenvalue weighted by Gasteiger charge is -2.12. The summed E-state index contributed by atoms with van der Waals surface area (Å²) in [7, 11) is 0. The second-order valence-electron chi connectivity index (χ2n) is 3.67. The van der Waals surface area contributed by atoms with Crippen LogP contribution in [0.15, 0.2) is 12.1 Å². The molecule has 94 valence electrons. The van der Waals surface area contributed by atoms with Crippen molar-refractivity contribution in [3.8, 4) is 5.75 Å². The van der Waals surface area contributed by atoms with E-state index in [9.17, 15) is 9.90 Å². The number of benzene rings is 1. The Bertz CT molecular complexity index is 401. The second-order valence-corrected chi connectivity index (χ2v) is 4.49. The Morgan fingerprint density at radius 1 is 1.47 bits per heavy atom. The van der Waals surface area contributed by atoms with E-state index >= 15 is 0 Å². The van der Waals surface area contributed by atoms with Gasteiger partial charge in [-0.25, -0.2) is 0 Å². The molecule has 0 aliphatic heterocycles. The van der Waals surface area contributed by atoms with Crippen molar-refractivity contribution in [1.29, 1.82) is 0 Å². The van der Waals surface area contributed by atoms with Crippen LogP contribution in [0.1, 0.15) is 19.8 Å². The molecular formula is C11H14Cl2N2O2. The van der Waals surface area contributed by atoms with Gasteiger partial charge in [0, 0.05) is 5.69 Å². The smallest absolute Gasteiger partial charge is 0.241 e. The van der Waals surface area contributed by atoms with Crippen molar-refractivity contribution in [2.45, 2.75) is 25.8 Å². The number of halogens is 2. The Morgan fingerprint density at radius 3 is 2.47 bits per heavy atom. The van der Waals surface area contributed by atoms with E-state index in [1.165, 1.54) is 12.1 Å². The molecule has 0 spiro atoms. The number of rotatable bonds is 4. The first-order valence-corrected chi connectivity index (χ1v) is 5.95. The average molecular weight is 277 g/mol. The first-order chi connectivity index (χ1) is 7.95. The number of aromatic hydroxyl groups is 1. The number of phenolic OH excluding ortho intramolecular Hbond substituents is 1. The number of nitrogens with one attached hydrogen (secondary N) is 1. The highest BCUT2D eigenvalue weighted by molar-refractivity contribution is 6.37. The fourth-order valence-corrected chi connectivity index (χ4v) is 1.80. The topological polar surface area (TPSA) is 75.4 Å². The van der Waals surface area contributed by atoms with Gasteiger partial charge in [0.2, 0.25) is 5.91 Å². The number of amides is 1. The zero-order chi connectivity index (χ0) is 13.0. The van der Waals surface area contributed by atoms with Crippen LogP contribution in [0.4, 0.5) is 5.69 Å². The summed E-state index contributed by atoms with van der Waals surface area (Å²) in [5, 5.41) is 12.1. The predicted octanol–water partition coefficient (Wildman–Crippen LogP) is 2.76. The molecule has 0 saturated carbocycles. The average Bonchev–Trinajstić information content (AvgIpc) is 2.26. The van der Waals surface area contributed by atoms with Gasteiger partial charge in [-0.3, -0.25) is 4.79 Å². The molecule has 0 bridgehead atoms. The minimum absolute atomic E-state index is 0.0804. The lowest BCUT2D eigenvalue weighted by atomic mass is 10.1. The van der Waals surface area contributed by atoms with Gasteiger partial charge in [-0.15, -0.1) is 0 Å². The summed E-state index contributed by atoms with van der Waals surface area (Å²) in [5.41, 5.74) is 6.07. The minimum atomic E-state index is -0.564.